The molecule has 1 fully saturated rings. The van der Waals surface area contributed by atoms with Gasteiger partial charge in [0, 0.05) is 19.6 Å². The van der Waals surface area contributed by atoms with Crippen LogP contribution in [0.1, 0.15) is 60.3 Å². The van der Waals surface area contributed by atoms with Crippen molar-refractivity contribution < 1.29 is 9.53 Å². The molecule has 1 aliphatic rings. The average molecular weight is 298 g/mol. The number of likely N-dealkylation sites (N-methyl/N-ethyl adjacent to an activating group) is 1. The number of nitrogens with zero attached hydrogens (tertiary/aromatic N) is 1. The van der Waals surface area contributed by atoms with Crippen molar-refractivity contribution in [2.24, 2.45) is 17.1 Å². The normalized spacial score (nSPS) is 26.7. The minimum atomic E-state index is -0.287. The summed E-state index contributed by atoms with van der Waals surface area (Å²) < 4.78 is 6.01. The summed E-state index contributed by atoms with van der Waals surface area (Å²) in [6.07, 6.45) is 4.22. The molecule has 0 bridgehead atoms. The molecule has 0 unspecified atom stereocenters. The third kappa shape index (κ3) is 4.96. The summed E-state index contributed by atoms with van der Waals surface area (Å²) in [5, 5.41) is 0. The van der Waals surface area contributed by atoms with Crippen molar-refractivity contribution in [3.05, 3.63) is 0 Å². The molecule has 0 aromatic carbocycles. The number of rotatable bonds is 6. The van der Waals surface area contributed by atoms with E-state index in [-0.39, 0.29) is 18.1 Å². The van der Waals surface area contributed by atoms with Gasteiger partial charge in [0.15, 0.2) is 0 Å². The first kappa shape index (κ1) is 18.4. The zero-order chi connectivity index (χ0) is 16.1. The van der Waals surface area contributed by atoms with E-state index >= 15 is 0 Å². The maximum absolute atomic E-state index is 12.1. The van der Waals surface area contributed by atoms with Gasteiger partial charge in [0.1, 0.15) is 6.61 Å². The lowest BCUT2D eigenvalue weighted by atomic mass is 9.68. The molecule has 0 radical (unpaired) electrons. The number of carbonyl (C=O) groups excluding carboxylic acids is 1. The molecule has 1 rings (SSSR count). The van der Waals surface area contributed by atoms with Gasteiger partial charge in [-0.05, 0) is 50.9 Å². The number of hydrogen-bond acceptors (Lipinski definition) is 3. The van der Waals surface area contributed by atoms with E-state index in [9.17, 15) is 4.79 Å². The number of ether oxygens (including phenoxy) is 1. The Morgan fingerprint density at radius 1 is 1.24 bits per heavy atom. The van der Waals surface area contributed by atoms with Gasteiger partial charge in [-0.2, -0.15) is 0 Å². The fourth-order valence-corrected chi connectivity index (χ4v) is 3.30. The van der Waals surface area contributed by atoms with Crippen LogP contribution in [-0.4, -0.2) is 42.6 Å². The van der Waals surface area contributed by atoms with Crippen LogP contribution < -0.4 is 5.73 Å². The van der Waals surface area contributed by atoms with Crippen LogP contribution in [0.4, 0.5) is 0 Å². The molecule has 1 saturated carbocycles. The van der Waals surface area contributed by atoms with Gasteiger partial charge in [-0.15, -0.1) is 0 Å². The van der Waals surface area contributed by atoms with Crippen LogP contribution in [0.3, 0.4) is 0 Å². The Hall–Kier alpha value is -0.610. The third-order valence-corrected chi connectivity index (χ3v) is 5.11. The van der Waals surface area contributed by atoms with Gasteiger partial charge in [0.2, 0.25) is 5.91 Å². The van der Waals surface area contributed by atoms with Gasteiger partial charge in [-0.25, -0.2) is 0 Å². The monoisotopic (exact) mass is 298 g/mol. The number of nitrogens with two attached hydrogens (primary N) is 1. The Morgan fingerprint density at radius 3 is 2.14 bits per heavy atom. The molecule has 124 valence electrons. The largest absolute Gasteiger partial charge is 0.364 e. The fraction of sp³-hybridized carbons (Fsp3) is 0.941. The van der Waals surface area contributed by atoms with Crippen molar-refractivity contribution in [3.63, 3.8) is 0 Å². The molecule has 4 heteroatoms. The third-order valence-electron chi connectivity index (χ3n) is 5.11. The molecule has 0 spiro atoms. The summed E-state index contributed by atoms with van der Waals surface area (Å²) in [5.41, 5.74) is 6.03. The second kappa shape index (κ2) is 7.59. The van der Waals surface area contributed by atoms with Crippen molar-refractivity contribution in [2.45, 2.75) is 65.9 Å². The zero-order valence-electron chi connectivity index (χ0n) is 14.6. The molecule has 0 atom stereocenters. The highest BCUT2D eigenvalue weighted by Gasteiger charge is 2.39. The number of amides is 1. The van der Waals surface area contributed by atoms with E-state index in [1.807, 2.05) is 18.7 Å². The van der Waals surface area contributed by atoms with Crippen LogP contribution >= 0.6 is 0 Å². The summed E-state index contributed by atoms with van der Waals surface area (Å²) >= 11 is 0. The lowest BCUT2D eigenvalue weighted by molar-refractivity contribution is -0.146. The standard InChI is InChI=1S/C17H34N2O2/c1-6-19(7-2)15(20)12-21-17(13-18)10-8-14(9-11-17)16(3,4)5/h14H,6-13,18H2,1-5H3. The smallest absolute Gasteiger partial charge is 0.248 e. The highest BCUT2D eigenvalue weighted by Crippen LogP contribution is 2.42. The SMILES string of the molecule is CCN(CC)C(=O)COC1(CN)CCC(C(C)(C)C)CC1. The molecular formula is C17H34N2O2. The summed E-state index contributed by atoms with van der Waals surface area (Å²) in [6, 6.07) is 0. The predicted octanol–water partition coefficient (Wildman–Crippen LogP) is 2.81. The maximum Gasteiger partial charge on any atom is 0.248 e. The van der Waals surface area contributed by atoms with Crippen molar-refractivity contribution in [1.82, 2.24) is 4.90 Å². The van der Waals surface area contributed by atoms with Crippen LogP contribution in [0, 0.1) is 11.3 Å². The van der Waals surface area contributed by atoms with E-state index in [2.05, 4.69) is 20.8 Å². The van der Waals surface area contributed by atoms with Crippen LogP contribution in [0.25, 0.3) is 0 Å². The van der Waals surface area contributed by atoms with Gasteiger partial charge >= 0.3 is 0 Å². The lowest BCUT2D eigenvalue weighted by Gasteiger charge is -2.43. The van der Waals surface area contributed by atoms with Crippen molar-refractivity contribution >= 4 is 5.91 Å². The second-order valence-corrected chi connectivity index (χ2v) is 7.38. The number of carbonyl (C=O) groups is 1. The molecule has 0 aromatic heterocycles. The summed E-state index contributed by atoms with van der Waals surface area (Å²) in [6.45, 7) is 13.0. The van der Waals surface area contributed by atoms with E-state index in [1.165, 1.54) is 0 Å². The minimum Gasteiger partial charge on any atom is -0.364 e. The predicted molar refractivity (Wildman–Crippen MR) is 87.1 cm³/mol. The molecule has 1 amide bonds. The van der Waals surface area contributed by atoms with E-state index in [0.29, 0.717) is 12.0 Å². The summed E-state index contributed by atoms with van der Waals surface area (Å²) in [7, 11) is 0. The summed E-state index contributed by atoms with van der Waals surface area (Å²) in [4.78, 5) is 13.9. The van der Waals surface area contributed by atoms with Crippen molar-refractivity contribution in [1.29, 1.82) is 0 Å². The Labute approximate surface area is 130 Å². The van der Waals surface area contributed by atoms with Crippen molar-refractivity contribution in [3.8, 4) is 0 Å². The first-order valence-electron chi connectivity index (χ1n) is 8.39. The first-order chi connectivity index (χ1) is 9.78. The summed E-state index contributed by atoms with van der Waals surface area (Å²) in [5.74, 6) is 0.796. The van der Waals surface area contributed by atoms with E-state index in [0.717, 1.165) is 44.7 Å². The highest BCUT2D eigenvalue weighted by atomic mass is 16.5. The Balaban J connectivity index is 2.54. The molecule has 0 saturated heterocycles. The Bertz CT molecular complexity index is 324. The highest BCUT2D eigenvalue weighted by molar-refractivity contribution is 5.77. The van der Waals surface area contributed by atoms with Crippen molar-refractivity contribution in [2.75, 3.05) is 26.2 Å². The molecule has 0 heterocycles. The van der Waals surface area contributed by atoms with E-state index in [4.69, 9.17) is 10.5 Å². The maximum atomic E-state index is 12.1. The van der Waals surface area contributed by atoms with Gasteiger partial charge in [-0.3, -0.25) is 4.79 Å². The minimum absolute atomic E-state index is 0.0748. The topological polar surface area (TPSA) is 55.6 Å². The molecular weight excluding hydrogens is 264 g/mol. The molecule has 0 aromatic rings. The quantitative estimate of drug-likeness (QED) is 0.820. The van der Waals surface area contributed by atoms with Crippen LogP contribution in [0.2, 0.25) is 0 Å². The van der Waals surface area contributed by atoms with Gasteiger partial charge in [-0.1, -0.05) is 20.8 Å². The molecule has 2 N–H and O–H groups in total. The average Bonchev–Trinajstić information content (AvgIpc) is 2.46. The van der Waals surface area contributed by atoms with Gasteiger partial charge < -0.3 is 15.4 Å². The number of hydrogen-bond donors (Lipinski definition) is 1. The Kier molecular flexibility index (Phi) is 6.67. The van der Waals surface area contributed by atoms with E-state index < -0.39 is 0 Å². The second-order valence-electron chi connectivity index (χ2n) is 7.38. The first-order valence-corrected chi connectivity index (χ1v) is 8.39. The molecule has 1 aliphatic carbocycles. The zero-order valence-corrected chi connectivity index (χ0v) is 14.6. The van der Waals surface area contributed by atoms with Crippen LogP contribution in [0.5, 0.6) is 0 Å². The fourth-order valence-electron chi connectivity index (χ4n) is 3.30. The van der Waals surface area contributed by atoms with Gasteiger partial charge in [0.05, 0.1) is 5.60 Å². The lowest BCUT2D eigenvalue weighted by Crippen LogP contribution is -2.47. The van der Waals surface area contributed by atoms with E-state index in [1.54, 1.807) is 0 Å². The Morgan fingerprint density at radius 2 is 1.76 bits per heavy atom. The molecule has 0 aliphatic heterocycles. The van der Waals surface area contributed by atoms with Crippen LogP contribution in [-0.2, 0) is 9.53 Å². The molecule has 21 heavy (non-hydrogen) atoms. The van der Waals surface area contributed by atoms with Gasteiger partial charge in [0.25, 0.3) is 0 Å². The molecule has 4 nitrogen and oxygen atoms in total. The van der Waals surface area contributed by atoms with Crippen LogP contribution in [0.15, 0.2) is 0 Å².